The van der Waals surface area contributed by atoms with Gasteiger partial charge in [-0.2, -0.15) is 0 Å². The van der Waals surface area contributed by atoms with E-state index in [4.69, 9.17) is 9.47 Å². The van der Waals surface area contributed by atoms with Crippen LogP contribution in [0.25, 0.3) is 0 Å². The molecule has 0 saturated carbocycles. The van der Waals surface area contributed by atoms with Gasteiger partial charge in [0.2, 0.25) is 0 Å². The quantitative estimate of drug-likeness (QED) is 0.575. The van der Waals surface area contributed by atoms with Crippen molar-refractivity contribution in [1.29, 1.82) is 0 Å². The fourth-order valence-electron chi connectivity index (χ4n) is 3.55. The maximum absolute atomic E-state index is 12.5. The molecule has 1 aliphatic heterocycles. The normalized spacial score (nSPS) is 17.6. The summed E-state index contributed by atoms with van der Waals surface area (Å²) in [6.45, 7) is 11.3. The highest BCUT2D eigenvalue weighted by Gasteiger charge is 2.31. The minimum Gasteiger partial charge on any atom is -0.489 e. The van der Waals surface area contributed by atoms with E-state index >= 15 is 0 Å². The number of nitrogens with zero attached hydrogens (tertiary/aromatic N) is 2. The van der Waals surface area contributed by atoms with E-state index in [0.717, 1.165) is 41.0 Å². The van der Waals surface area contributed by atoms with Crippen LogP contribution < -0.4 is 4.74 Å². The summed E-state index contributed by atoms with van der Waals surface area (Å²) in [7, 11) is 0. The monoisotopic (exact) mass is 474 g/mol. The van der Waals surface area contributed by atoms with Crippen molar-refractivity contribution in [3.05, 3.63) is 64.1 Å². The Bertz CT molecular complexity index is 851. The second-order valence-corrected chi connectivity index (χ2v) is 9.60. The number of amides is 1. The average Bonchev–Trinajstić information content (AvgIpc) is 2.68. The molecule has 0 N–H and O–H groups in total. The highest BCUT2D eigenvalue weighted by atomic mass is 79.9. The van der Waals surface area contributed by atoms with Crippen molar-refractivity contribution in [3.8, 4) is 5.75 Å². The van der Waals surface area contributed by atoms with Crippen LogP contribution in [-0.2, 0) is 17.9 Å². The van der Waals surface area contributed by atoms with Crippen molar-refractivity contribution >= 4 is 22.0 Å². The Morgan fingerprint density at radius 3 is 2.50 bits per heavy atom. The summed E-state index contributed by atoms with van der Waals surface area (Å²) in [5.41, 5.74) is 1.79. The van der Waals surface area contributed by atoms with Crippen LogP contribution in [0.4, 0.5) is 4.79 Å². The van der Waals surface area contributed by atoms with Gasteiger partial charge in [-0.25, -0.2) is 4.79 Å². The third-order valence-electron chi connectivity index (χ3n) is 5.03. The molecule has 30 heavy (non-hydrogen) atoms. The van der Waals surface area contributed by atoms with Crippen LogP contribution in [0.15, 0.2) is 53.0 Å². The number of hydrogen-bond donors (Lipinski definition) is 0. The van der Waals surface area contributed by atoms with Gasteiger partial charge in [-0.1, -0.05) is 52.3 Å². The highest BCUT2D eigenvalue weighted by molar-refractivity contribution is 9.10. The molecular formula is C24H31BrN2O3. The Labute approximate surface area is 188 Å². The van der Waals surface area contributed by atoms with Gasteiger partial charge < -0.3 is 14.4 Å². The molecule has 162 valence electrons. The first-order chi connectivity index (χ1) is 14.2. The van der Waals surface area contributed by atoms with Gasteiger partial charge in [0, 0.05) is 42.3 Å². The van der Waals surface area contributed by atoms with Gasteiger partial charge in [0.15, 0.2) is 0 Å². The fourth-order valence-corrected chi connectivity index (χ4v) is 4.03. The number of benzene rings is 2. The summed E-state index contributed by atoms with van der Waals surface area (Å²) >= 11 is 3.69. The predicted octanol–water partition coefficient (Wildman–Crippen LogP) is 5.47. The van der Waals surface area contributed by atoms with Gasteiger partial charge in [0.25, 0.3) is 0 Å². The molecule has 0 aromatic heterocycles. The van der Waals surface area contributed by atoms with E-state index in [-0.39, 0.29) is 12.1 Å². The summed E-state index contributed by atoms with van der Waals surface area (Å²) in [6.07, 6.45) is -0.234. The van der Waals surface area contributed by atoms with Gasteiger partial charge in [-0.15, -0.1) is 0 Å². The molecule has 2 aromatic carbocycles. The topological polar surface area (TPSA) is 42.0 Å². The van der Waals surface area contributed by atoms with Crippen molar-refractivity contribution in [2.45, 2.75) is 52.5 Å². The van der Waals surface area contributed by atoms with Crippen LogP contribution in [0.1, 0.15) is 38.8 Å². The van der Waals surface area contributed by atoms with Crippen LogP contribution in [-0.4, -0.2) is 47.2 Å². The summed E-state index contributed by atoms with van der Waals surface area (Å²) in [4.78, 5) is 16.7. The van der Waals surface area contributed by atoms with Crippen LogP contribution in [0.3, 0.4) is 0 Å². The van der Waals surface area contributed by atoms with E-state index in [1.165, 1.54) is 0 Å². The number of halogens is 1. The average molecular weight is 475 g/mol. The van der Waals surface area contributed by atoms with Crippen LogP contribution in [0.2, 0.25) is 0 Å². The first kappa shape index (κ1) is 22.6. The summed E-state index contributed by atoms with van der Waals surface area (Å²) < 4.78 is 12.7. The van der Waals surface area contributed by atoms with Crippen molar-refractivity contribution in [2.75, 3.05) is 19.6 Å². The van der Waals surface area contributed by atoms with Crippen molar-refractivity contribution in [3.63, 3.8) is 0 Å². The number of rotatable bonds is 5. The Balaban J connectivity index is 1.63. The van der Waals surface area contributed by atoms with E-state index in [1.807, 2.05) is 62.1 Å². The van der Waals surface area contributed by atoms with Crippen LogP contribution in [0, 0.1) is 0 Å². The standard InChI is InChI=1S/C24H31BrN2O3/c1-18-15-26(13-14-27(18)23(28)30-24(2,3)4)16-20-21(25)11-8-12-22(20)29-17-19-9-6-5-7-10-19/h5-12,18H,13-17H2,1-4H3/t18-/m0/s1. The number of carbonyl (C=O) groups excluding carboxylic acids is 1. The van der Waals surface area contributed by atoms with Gasteiger partial charge in [-0.3, -0.25) is 4.90 Å². The zero-order chi connectivity index (χ0) is 21.7. The molecule has 0 radical (unpaired) electrons. The lowest BCUT2D eigenvalue weighted by Crippen LogP contribution is -2.54. The highest BCUT2D eigenvalue weighted by Crippen LogP contribution is 2.30. The first-order valence-corrected chi connectivity index (χ1v) is 11.2. The molecule has 3 rings (SSSR count). The zero-order valence-corrected chi connectivity index (χ0v) is 19.8. The molecule has 6 heteroatoms. The van der Waals surface area contributed by atoms with Crippen molar-refractivity contribution in [1.82, 2.24) is 9.80 Å². The van der Waals surface area contributed by atoms with E-state index in [2.05, 4.69) is 39.9 Å². The SMILES string of the molecule is C[C@H]1CN(Cc2c(Br)cccc2OCc2ccccc2)CCN1C(=O)OC(C)(C)C. The van der Waals surface area contributed by atoms with Crippen molar-refractivity contribution in [2.24, 2.45) is 0 Å². The van der Waals surface area contributed by atoms with Gasteiger partial charge in [0.05, 0.1) is 0 Å². The minimum atomic E-state index is -0.478. The molecule has 1 fully saturated rings. The lowest BCUT2D eigenvalue weighted by molar-refractivity contribution is 0.000434. The third-order valence-corrected chi connectivity index (χ3v) is 5.78. The molecule has 1 atom stereocenters. The van der Waals surface area contributed by atoms with E-state index in [0.29, 0.717) is 13.2 Å². The summed E-state index contributed by atoms with van der Waals surface area (Å²) in [5.74, 6) is 0.885. The Morgan fingerprint density at radius 1 is 1.10 bits per heavy atom. The molecule has 0 aliphatic carbocycles. The van der Waals surface area contributed by atoms with Gasteiger partial charge in [-0.05, 0) is 45.4 Å². The summed E-state index contributed by atoms with van der Waals surface area (Å²) in [5, 5.41) is 0. The second-order valence-electron chi connectivity index (χ2n) is 8.75. The maximum atomic E-state index is 12.5. The molecular weight excluding hydrogens is 444 g/mol. The molecule has 5 nitrogen and oxygen atoms in total. The van der Waals surface area contributed by atoms with E-state index in [1.54, 1.807) is 0 Å². The molecule has 1 saturated heterocycles. The smallest absolute Gasteiger partial charge is 0.410 e. The van der Waals surface area contributed by atoms with Gasteiger partial charge >= 0.3 is 6.09 Å². The molecule has 0 unspecified atom stereocenters. The molecule has 0 spiro atoms. The molecule has 1 aliphatic rings. The minimum absolute atomic E-state index is 0.0878. The third kappa shape index (κ3) is 6.22. The van der Waals surface area contributed by atoms with Gasteiger partial charge in [0.1, 0.15) is 18.0 Å². The molecule has 0 bridgehead atoms. The van der Waals surface area contributed by atoms with Crippen LogP contribution >= 0.6 is 15.9 Å². The lowest BCUT2D eigenvalue weighted by atomic mass is 10.1. The Hall–Kier alpha value is -2.05. The Kier molecular flexibility index (Phi) is 7.42. The largest absolute Gasteiger partial charge is 0.489 e. The van der Waals surface area contributed by atoms with E-state index < -0.39 is 5.60 Å². The second kappa shape index (κ2) is 9.84. The maximum Gasteiger partial charge on any atom is 0.410 e. The molecule has 1 heterocycles. The number of piperazine rings is 1. The summed E-state index contributed by atoms with van der Waals surface area (Å²) in [6, 6.07) is 16.3. The Morgan fingerprint density at radius 2 is 1.83 bits per heavy atom. The molecule has 2 aromatic rings. The first-order valence-electron chi connectivity index (χ1n) is 10.4. The van der Waals surface area contributed by atoms with E-state index in [9.17, 15) is 4.79 Å². The number of hydrogen-bond acceptors (Lipinski definition) is 4. The molecule has 1 amide bonds. The van der Waals surface area contributed by atoms with Crippen molar-refractivity contribution < 1.29 is 14.3 Å². The fraction of sp³-hybridized carbons (Fsp3) is 0.458. The van der Waals surface area contributed by atoms with Crippen LogP contribution in [0.5, 0.6) is 5.75 Å². The number of ether oxygens (including phenoxy) is 2. The lowest BCUT2D eigenvalue weighted by Gasteiger charge is -2.40. The predicted molar refractivity (Wildman–Crippen MR) is 123 cm³/mol. The number of carbonyl (C=O) groups is 1. The zero-order valence-electron chi connectivity index (χ0n) is 18.2.